The average molecular weight is 383 g/mol. The molecule has 1 fully saturated rings. The molecule has 0 atom stereocenters. The Bertz CT molecular complexity index is 997. The molecule has 1 saturated heterocycles. The first-order valence-corrected chi connectivity index (χ1v) is 8.36. The number of carbonyl (C=O) groups excluding carboxylic acids is 3. The number of hydrogen-bond acceptors (Lipinski definition) is 6. The number of carboxylic acids is 1. The summed E-state index contributed by atoms with van der Waals surface area (Å²) in [6, 6.07) is 9.71. The molecule has 3 rings (SSSR count). The molecule has 27 heavy (non-hydrogen) atoms. The normalized spacial score (nSPS) is 14.9. The van der Waals surface area contributed by atoms with Gasteiger partial charge in [0, 0.05) is 11.3 Å². The molecule has 1 aliphatic heterocycles. The van der Waals surface area contributed by atoms with Gasteiger partial charge in [0.05, 0.1) is 10.5 Å². The van der Waals surface area contributed by atoms with Crippen LogP contribution in [0.3, 0.4) is 0 Å². The largest absolute Gasteiger partial charge is 0.872 e. The van der Waals surface area contributed by atoms with Gasteiger partial charge >= 0.3 is 5.97 Å². The average Bonchev–Trinajstić information content (AvgIpc) is 2.94. The Balaban J connectivity index is 1.74. The van der Waals surface area contributed by atoms with Crippen LogP contribution < -0.4 is 15.7 Å². The SMILES string of the molecule is O=C1NC(=O)/C(=C\c2ccc(C(=O)Nc3ccc([O-])c(C(=O)O)c3)cc2)S1. The highest BCUT2D eigenvalue weighted by molar-refractivity contribution is 8.18. The maximum absolute atomic E-state index is 12.3. The summed E-state index contributed by atoms with van der Waals surface area (Å²) in [6.07, 6.45) is 1.53. The second-order valence-corrected chi connectivity index (χ2v) is 6.46. The van der Waals surface area contributed by atoms with E-state index in [1.54, 1.807) is 12.1 Å². The summed E-state index contributed by atoms with van der Waals surface area (Å²) in [5.74, 6) is -2.98. The van der Waals surface area contributed by atoms with Gasteiger partial charge < -0.3 is 15.5 Å². The summed E-state index contributed by atoms with van der Waals surface area (Å²) in [7, 11) is 0. The molecule has 3 amide bonds. The molecule has 136 valence electrons. The second kappa shape index (κ2) is 7.34. The Morgan fingerprint density at radius 2 is 1.81 bits per heavy atom. The van der Waals surface area contributed by atoms with Crippen molar-refractivity contribution in [3.05, 3.63) is 64.1 Å². The van der Waals surface area contributed by atoms with E-state index in [1.807, 2.05) is 0 Å². The van der Waals surface area contributed by atoms with Gasteiger partial charge in [0.15, 0.2) is 0 Å². The summed E-state index contributed by atoms with van der Waals surface area (Å²) >= 11 is 0.794. The number of amides is 3. The number of carbonyl (C=O) groups is 4. The molecule has 0 bridgehead atoms. The van der Waals surface area contributed by atoms with Crippen molar-refractivity contribution in [2.45, 2.75) is 0 Å². The molecule has 3 N–H and O–H groups in total. The minimum Gasteiger partial charge on any atom is -0.872 e. The lowest BCUT2D eigenvalue weighted by Crippen LogP contribution is -2.17. The van der Waals surface area contributed by atoms with Crippen molar-refractivity contribution in [1.82, 2.24) is 5.32 Å². The van der Waals surface area contributed by atoms with Crippen LogP contribution in [0.1, 0.15) is 26.3 Å². The van der Waals surface area contributed by atoms with E-state index in [4.69, 9.17) is 5.11 Å². The second-order valence-electron chi connectivity index (χ2n) is 5.44. The number of anilines is 1. The molecule has 2 aromatic rings. The molecule has 2 aromatic carbocycles. The van der Waals surface area contributed by atoms with E-state index in [9.17, 15) is 24.3 Å². The van der Waals surface area contributed by atoms with Crippen molar-refractivity contribution in [2.24, 2.45) is 0 Å². The van der Waals surface area contributed by atoms with Crippen molar-refractivity contribution in [2.75, 3.05) is 5.32 Å². The van der Waals surface area contributed by atoms with E-state index in [0.29, 0.717) is 11.1 Å². The first-order chi connectivity index (χ1) is 12.8. The maximum atomic E-state index is 12.3. The van der Waals surface area contributed by atoms with Crippen molar-refractivity contribution >= 4 is 46.5 Å². The lowest BCUT2D eigenvalue weighted by Gasteiger charge is -2.12. The van der Waals surface area contributed by atoms with Gasteiger partial charge in [-0.1, -0.05) is 23.9 Å². The van der Waals surface area contributed by atoms with Crippen molar-refractivity contribution in [1.29, 1.82) is 0 Å². The highest BCUT2D eigenvalue weighted by Crippen LogP contribution is 2.25. The summed E-state index contributed by atoms with van der Waals surface area (Å²) in [6.45, 7) is 0. The van der Waals surface area contributed by atoms with Crippen LogP contribution in [0, 0.1) is 0 Å². The van der Waals surface area contributed by atoms with Crippen LogP contribution in [0.5, 0.6) is 5.75 Å². The van der Waals surface area contributed by atoms with Crippen molar-refractivity contribution in [3.8, 4) is 5.75 Å². The van der Waals surface area contributed by atoms with E-state index in [0.717, 1.165) is 23.9 Å². The minimum atomic E-state index is -1.37. The summed E-state index contributed by atoms with van der Waals surface area (Å²) in [5, 5.41) is 24.6. The monoisotopic (exact) mass is 383 g/mol. The third-order valence-electron chi connectivity index (χ3n) is 3.58. The van der Waals surface area contributed by atoms with E-state index in [2.05, 4.69) is 10.6 Å². The smallest absolute Gasteiger partial charge is 0.335 e. The van der Waals surface area contributed by atoms with Gasteiger partial charge in [-0.05, 0) is 47.7 Å². The van der Waals surface area contributed by atoms with Gasteiger partial charge in [-0.15, -0.1) is 0 Å². The molecular formula is C18H11N2O6S-. The van der Waals surface area contributed by atoms with Crippen LogP contribution in [-0.4, -0.2) is 28.1 Å². The van der Waals surface area contributed by atoms with Gasteiger partial charge in [-0.25, -0.2) is 4.79 Å². The molecule has 0 unspecified atom stereocenters. The van der Waals surface area contributed by atoms with Gasteiger partial charge in [0.1, 0.15) is 0 Å². The van der Waals surface area contributed by atoms with Crippen LogP contribution in [0.2, 0.25) is 0 Å². The van der Waals surface area contributed by atoms with Crippen LogP contribution in [0.4, 0.5) is 10.5 Å². The van der Waals surface area contributed by atoms with Crippen molar-refractivity contribution in [3.63, 3.8) is 0 Å². The first kappa shape index (κ1) is 18.2. The van der Waals surface area contributed by atoms with Crippen molar-refractivity contribution < 1.29 is 29.4 Å². The molecule has 1 heterocycles. The van der Waals surface area contributed by atoms with Crippen LogP contribution in [-0.2, 0) is 4.79 Å². The minimum absolute atomic E-state index is 0.181. The Labute approximate surface area is 156 Å². The number of aromatic carboxylic acids is 1. The third kappa shape index (κ3) is 4.15. The highest BCUT2D eigenvalue weighted by atomic mass is 32.2. The van der Waals surface area contributed by atoms with E-state index < -0.39 is 34.3 Å². The summed E-state index contributed by atoms with van der Waals surface area (Å²) < 4.78 is 0. The van der Waals surface area contributed by atoms with Gasteiger partial charge in [-0.3, -0.25) is 19.7 Å². The number of nitrogens with one attached hydrogen (secondary N) is 2. The van der Waals surface area contributed by atoms with Crippen LogP contribution in [0.25, 0.3) is 6.08 Å². The number of thioether (sulfide) groups is 1. The Morgan fingerprint density at radius 3 is 2.41 bits per heavy atom. The lowest BCUT2D eigenvalue weighted by molar-refractivity contribution is -0.268. The van der Waals surface area contributed by atoms with Crippen LogP contribution >= 0.6 is 11.8 Å². The fourth-order valence-electron chi connectivity index (χ4n) is 2.28. The third-order valence-corrected chi connectivity index (χ3v) is 4.39. The molecule has 8 nitrogen and oxygen atoms in total. The number of hydrogen-bond donors (Lipinski definition) is 3. The van der Waals surface area contributed by atoms with Crippen LogP contribution in [0.15, 0.2) is 47.4 Å². The standard InChI is InChI=1S/C18H12N2O6S/c21-13-6-5-11(8-12(13)17(24)25)19-15(22)10-3-1-9(2-4-10)7-14-16(23)20-18(26)27-14/h1-8,21H,(H,19,22)(H,24,25)(H,20,23,26)/p-1/b14-7+. The first-order valence-electron chi connectivity index (χ1n) is 7.54. The fraction of sp³-hybridized carbons (Fsp3) is 0. The number of carboxylic acid groups (broad SMARTS) is 1. The molecule has 0 aliphatic carbocycles. The molecule has 1 aliphatic rings. The topological polar surface area (TPSA) is 136 Å². The van der Waals surface area contributed by atoms with Gasteiger partial charge in [0.2, 0.25) is 0 Å². The summed E-state index contributed by atoms with van der Waals surface area (Å²) in [5.41, 5.74) is 0.667. The van der Waals surface area contributed by atoms with E-state index in [-0.39, 0.29) is 10.6 Å². The molecular weight excluding hydrogens is 372 g/mol. The Kier molecular flexibility index (Phi) is 4.95. The van der Waals surface area contributed by atoms with E-state index in [1.165, 1.54) is 24.3 Å². The Morgan fingerprint density at radius 1 is 1.11 bits per heavy atom. The quantitative estimate of drug-likeness (QED) is 0.687. The summed E-state index contributed by atoms with van der Waals surface area (Å²) in [4.78, 5) is 46.2. The molecule has 0 saturated carbocycles. The zero-order chi connectivity index (χ0) is 19.6. The molecule has 9 heteroatoms. The zero-order valence-electron chi connectivity index (χ0n) is 13.5. The number of rotatable bonds is 4. The van der Waals surface area contributed by atoms with E-state index >= 15 is 0 Å². The molecule has 0 spiro atoms. The van der Waals surface area contributed by atoms with Gasteiger partial charge in [-0.2, -0.15) is 0 Å². The number of imide groups is 1. The fourth-order valence-corrected chi connectivity index (χ4v) is 2.96. The zero-order valence-corrected chi connectivity index (χ0v) is 14.3. The highest BCUT2D eigenvalue weighted by Gasteiger charge is 2.24. The predicted octanol–water partition coefficient (Wildman–Crippen LogP) is 2.03. The number of benzene rings is 2. The predicted molar refractivity (Wildman–Crippen MR) is 96.3 cm³/mol. The van der Waals surface area contributed by atoms with Gasteiger partial charge in [0.25, 0.3) is 17.1 Å². The Hall–Kier alpha value is -3.59. The molecule has 0 radical (unpaired) electrons. The molecule has 0 aromatic heterocycles. The lowest BCUT2D eigenvalue weighted by atomic mass is 10.1. The maximum Gasteiger partial charge on any atom is 0.335 e.